The fourth-order valence-corrected chi connectivity index (χ4v) is 6.16. The number of benzene rings is 6. The Labute approximate surface area is 224 Å². The Bertz CT molecular complexity index is 2210. The highest BCUT2D eigenvalue weighted by atomic mass is 16.4. The molecule has 0 fully saturated rings. The number of fused-ring (bicyclic) bond motifs is 8. The summed E-state index contributed by atoms with van der Waals surface area (Å²) in [6, 6.07) is 41.5. The molecule has 0 saturated carbocycles. The van der Waals surface area contributed by atoms with E-state index in [1.54, 1.807) is 12.1 Å². The predicted octanol–water partition coefficient (Wildman–Crippen LogP) is 7.18. The quantitative estimate of drug-likeness (QED) is 0.251. The van der Waals surface area contributed by atoms with Gasteiger partial charge >= 0.3 is 7.12 Å². The molecule has 2 aromatic heterocycles. The second kappa shape index (κ2) is 8.33. The zero-order valence-electron chi connectivity index (χ0n) is 20.9. The monoisotopic (exact) mass is 503 g/mol. The van der Waals surface area contributed by atoms with E-state index in [2.05, 4.69) is 95.6 Å². The molecule has 0 bridgehead atoms. The summed E-state index contributed by atoms with van der Waals surface area (Å²) in [5.74, 6) is 0. The van der Waals surface area contributed by atoms with Gasteiger partial charge in [-0.15, -0.1) is 0 Å². The Kier molecular flexibility index (Phi) is 4.74. The van der Waals surface area contributed by atoms with Crippen molar-refractivity contribution in [1.29, 1.82) is 0 Å². The maximum absolute atomic E-state index is 10.1. The normalized spacial score (nSPS) is 11.8. The fraction of sp³-hybridized carbons (Fsp3) is 0. The number of para-hydroxylation sites is 2. The topological polar surface area (TPSA) is 58.5 Å². The van der Waals surface area contributed by atoms with Gasteiger partial charge in [0.2, 0.25) is 0 Å². The van der Waals surface area contributed by atoms with E-state index in [1.807, 2.05) is 18.2 Å². The van der Waals surface area contributed by atoms with Gasteiger partial charge in [0.05, 0.1) is 11.0 Å². The maximum Gasteiger partial charge on any atom is 0.489 e. The summed E-state index contributed by atoms with van der Waals surface area (Å²) in [4.78, 5) is 0. The Balaban J connectivity index is 1.51. The van der Waals surface area contributed by atoms with Gasteiger partial charge in [0.25, 0.3) is 0 Å². The number of hydrogen-bond donors (Lipinski definition) is 2. The third kappa shape index (κ3) is 3.21. The van der Waals surface area contributed by atoms with Gasteiger partial charge in [-0.1, -0.05) is 78.9 Å². The molecule has 0 atom stereocenters. The highest BCUT2D eigenvalue weighted by molar-refractivity contribution is 6.62. The van der Waals surface area contributed by atoms with Crippen molar-refractivity contribution in [3.63, 3.8) is 0 Å². The summed E-state index contributed by atoms with van der Waals surface area (Å²) in [6.45, 7) is 0. The molecule has 2 heterocycles. The summed E-state index contributed by atoms with van der Waals surface area (Å²) >= 11 is 0. The Morgan fingerprint density at radius 1 is 0.538 bits per heavy atom. The van der Waals surface area contributed by atoms with Crippen molar-refractivity contribution < 1.29 is 14.5 Å². The van der Waals surface area contributed by atoms with Crippen LogP contribution in [0, 0.1) is 0 Å². The summed E-state index contributed by atoms with van der Waals surface area (Å²) in [7, 11) is -1.59. The van der Waals surface area contributed by atoms with Crippen molar-refractivity contribution in [2.45, 2.75) is 0 Å². The average Bonchev–Trinajstić information content (AvgIpc) is 3.52. The Morgan fingerprint density at radius 2 is 1.28 bits per heavy atom. The van der Waals surface area contributed by atoms with Crippen LogP contribution in [0.25, 0.3) is 71.3 Å². The first-order chi connectivity index (χ1) is 19.2. The van der Waals surface area contributed by atoms with Crippen LogP contribution in [0.2, 0.25) is 0 Å². The average molecular weight is 503 g/mol. The lowest BCUT2D eigenvalue weighted by atomic mass is 9.77. The van der Waals surface area contributed by atoms with Crippen molar-refractivity contribution in [3.8, 4) is 16.8 Å². The number of aromatic nitrogens is 1. The van der Waals surface area contributed by atoms with Gasteiger partial charge < -0.3 is 19.0 Å². The molecule has 5 heteroatoms. The summed E-state index contributed by atoms with van der Waals surface area (Å²) in [6.07, 6.45) is 0. The zero-order chi connectivity index (χ0) is 26.1. The molecule has 39 heavy (non-hydrogen) atoms. The molecule has 8 aromatic rings. The molecule has 0 aliphatic heterocycles. The van der Waals surface area contributed by atoms with E-state index in [9.17, 15) is 10.0 Å². The van der Waals surface area contributed by atoms with Crippen molar-refractivity contribution >= 4 is 67.1 Å². The van der Waals surface area contributed by atoms with Crippen molar-refractivity contribution in [1.82, 2.24) is 4.57 Å². The van der Waals surface area contributed by atoms with E-state index >= 15 is 0 Å². The van der Waals surface area contributed by atoms with Crippen LogP contribution in [0.4, 0.5) is 0 Å². The third-order valence-corrected chi connectivity index (χ3v) is 7.81. The van der Waals surface area contributed by atoms with Gasteiger partial charge in [-0.25, -0.2) is 0 Å². The first kappa shape index (κ1) is 22.2. The standard InChI is InChI=1S/C34H22BNO3/c37-35(38)28-14-8-16-32-34(28)27-19-21(17-18-31(27)39-32)26-20-30-33(24-12-5-4-11-23(24)26)25-13-6-7-15-29(25)36(30)22-9-2-1-3-10-22/h1-20,37-38H. The molecule has 0 saturated heterocycles. The fourth-order valence-electron chi connectivity index (χ4n) is 6.16. The third-order valence-electron chi connectivity index (χ3n) is 7.81. The molecule has 4 nitrogen and oxygen atoms in total. The van der Waals surface area contributed by atoms with E-state index in [-0.39, 0.29) is 0 Å². The Morgan fingerprint density at radius 3 is 2.10 bits per heavy atom. The zero-order valence-corrected chi connectivity index (χ0v) is 20.9. The minimum absolute atomic E-state index is 0.438. The van der Waals surface area contributed by atoms with E-state index < -0.39 is 7.12 Å². The van der Waals surface area contributed by atoms with E-state index in [4.69, 9.17) is 4.42 Å². The highest BCUT2D eigenvalue weighted by Gasteiger charge is 2.21. The lowest BCUT2D eigenvalue weighted by Crippen LogP contribution is -2.30. The predicted molar refractivity (Wildman–Crippen MR) is 161 cm³/mol. The van der Waals surface area contributed by atoms with Crippen LogP contribution in [-0.2, 0) is 0 Å². The molecule has 0 radical (unpaired) electrons. The van der Waals surface area contributed by atoms with Crippen molar-refractivity contribution in [3.05, 3.63) is 121 Å². The lowest BCUT2D eigenvalue weighted by Gasteiger charge is -2.12. The van der Waals surface area contributed by atoms with Crippen LogP contribution < -0.4 is 5.46 Å². The molecule has 0 aliphatic rings. The smallest absolute Gasteiger partial charge is 0.456 e. The van der Waals surface area contributed by atoms with E-state index in [1.165, 1.54) is 21.7 Å². The summed E-state index contributed by atoms with van der Waals surface area (Å²) in [5, 5.41) is 26.5. The molecule has 0 aliphatic carbocycles. The second-order valence-electron chi connectivity index (χ2n) is 9.96. The molecular formula is C34H22BNO3. The van der Waals surface area contributed by atoms with Crippen molar-refractivity contribution in [2.24, 2.45) is 0 Å². The van der Waals surface area contributed by atoms with Gasteiger partial charge in [0.1, 0.15) is 11.2 Å². The number of furan rings is 1. The van der Waals surface area contributed by atoms with E-state index in [0.29, 0.717) is 16.6 Å². The minimum atomic E-state index is -1.59. The summed E-state index contributed by atoms with van der Waals surface area (Å²) in [5.41, 5.74) is 7.35. The molecule has 0 spiro atoms. The summed E-state index contributed by atoms with van der Waals surface area (Å²) < 4.78 is 8.42. The SMILES string of the molecule is OB(O)c1cccc2oc3ccc(-c4cc5c(c6ccccc46)c4ccccc4n5-c4ccccc4)cc3c12. The second-order valence-corrected chi connectivity index (χ2v) is 9.96. The van der Waals surface area contributed by atoms with Crippen LogP contribution in [-0.4, -0.2) is 21.7 Å². The molecular weight excluding hydrogens is 481 g/mol. The Hall–Kier alpha value is -4.84. The van der Waals surface area contributed by atoms with Crippen LogP contribution in [0.3, 0.4) is 0 Å². The van der Waals surface area contributed by atoms with Gasteiger partial charge in [-0.05, 0) is 69.8 Å². The van der Waals surface area contributed by atoms with Crippen LogP contribution in [0.5, 0.6) is 0 Å². The van der Waals surface area contributed by atoms with Gasteiger partial charge in [-0.2, -0.15) is 0 Å². The molecule has 184 valence electrons. The van der Waals surface area contributed by atoms with Gasteiger partial charge in [0.15, 0.2) is 0 Å². The van der Waals surface area contributed by atoms with Crippen LogP contribution >= 0.6 is 0 Å². The first-order valence-corrected chi connectivity index (χ1v) is 13.0. The molecule has 8 rings (SSSR count). The molecule has 0 amide bonds. The minimum Gasteiger partial charge on any atom is -0.456 e. The molecule has 6 aromatic carbocycles. The first-order valence-electron chi connectivity index (χ1n) is 13.0. The van der Waals surface area contributed by atoms with Crippen LogP contribution in [0.15, 0.2) is 126 Å². The number of rotatable bonds is 3. The number of hydrogen-bond acceptors (Lipinski definition) is 3. The molecule has 2 N–H and O–H groups in total. The maximum atomic E-state index is 10.1. The molecule has 0 unspecified atom stereocenters. The van der Waals surface area contributed by atoms with Gasteiger partial charge in [0, 0.05) is 27.2 Å². The number of nitrogens with zero attached hydrogens (tertiary/aromatic N) is 1. The van der Waals surface area contributed by atoms with E-state index in [0.717, 1.165) is 38.5 Å². The largest absolute Gasteiger partial charge is 0.489 e. The van der Waals surface area contributed by atoms with Crippen LogP contribution in [0.1, 0.15) is 0 Å². The van der Waals surface area contributed by atoms with Crippen molar-refractivity contribution in [2.75, 3.05) is 0 Å². The van der Waals surface area contributed by atoms with Gasteiger partial charge in [-0.3, -0.25) is 0 Å². The lowest BCUT2D eigenvalue weighted by molar-refractivity contribution is 0.426. The highest BCUT2D eigenvalue weighted by Crippen LogP contribution is 2.42.